The van der Waals surface area contributed by atoms with Crippen molar-refractivity contribution < 1.29 is 14.3 Å². The van der Waals surface area contributed by atoms with Gasteiger partial charge in [-0.3, -0.25) is 23.5 Å². The molecule has 0 spiro atoms. The number of phenols is 1. The molecule has 0 atom stereocenters. The smallest absolute Gasteiger partial charge is 0.336 e. The number of halogens is 2. The molecule has 15 heteroatoms. The molecule has 7 rings (SSSR count). The van der Waals surface area contributed by atoms with E-state index in [9.17, 15) is 28.7 Å². The quantitative estimate of drug-likeness (QED) is 0.164. The zero-order valence-corrected chi connectivity index (χ0v) is 27.4. The topological polar surface area (TPSA) is 169 Å². The monoisotopic (exact) mass is 760 g/mol. The Morgan fingerprint density at radius 1 is 1.08 bits per heavy atom. The van der Waals surface area contributed by atoms with Crippen LogP contribution >= 0.6 is 22.6 Å². The Hall–Kier alpha value is -5.58. The van der Waals surface area contributed by atoms with Crippen LogP contribution in [0, 0.1) is 16.3 Å². The Morgan fingerprint density at radius 2 is 1.88 bits per heavy atom. The number of carbonyl (C=O) groups is 1. The molecule has 0 unspecified atom stereocenters. The number of carbonyl (C=O) groups excluding carboxylic acids is 1. The normalized spacial score (nSPS) is 12.7. The highest BCUT2D eigenvalue weighted by Gasteiger charge is 2.31. The second-order valence-electron chi connectivity index (χ2n) is 11.4. The average Bonchev–Trinajstić information content (AvgIpc) is 3.77. The predicted molar refractivity (Wildman–Crippen MR) is 186 cm³/mol. The molecular formula is C33H26FIN8O5. The second-order valence-corrected chi connectivity index (χ2v) is 12.6. The highest BCUT2D eigenvalue weighted by molar-refractivity contribution is 14.1. The van der Waals surface area contributed by atoms with Gasteiger partial charge in [0.05, 0.1) is 23.1 Å². The van der Waals surface area contributed by atoms with Crippen molar-refractivity contribution in [3.63, 3.8) is 0 Å². The molecule has 13 nitrogen and oxygen atoms in total. The number of phenolic OH excluding ortho intramolecular Hbond substituents is 1. The lowest BCUT2D eigenvalue weighted by molar-refractivity contribution is -0.116. The lowest BCUT2D eigenvalue weighted by Gasteiger charge is -2.18. The van der Waals surface area contributed by atoms with Gasteiger partial charge in [-0.1, -0.05) is 23.4 Å². The molecular weight excluding hydrogens is 734 g/mol. The molecule has 48 heavy (non-hydrogen) atoms. The fraction of sp³-hybridized carbons (Fsp3) is 0.152. The summed E-state index contributed by atoms with van der Waals surface area (Å²) >= 11 is 1.98. The third-order valence-electron chi connectivity index (χ3n) is 7.95. The average molecular weight is 761 g/mol. The zero-order chi connectivity index (χ0) is 33.7. The van der Waals surface area contributed by atoms with Crippen LogP contribution in [-0.4, -0.2) is 40.1 Å². The molecule has 3 aromatic heterocycles. The summed E-state index contributed by atoms with van der Waals surface area (Å²) in [6.45, 7) is 1.33. The number of fused-ring (bicyclic) bond motifs is 1. The number of aromatic nitrogens is 6. The number of rotatable bonds is 8. The fourth-order valence-electron chi connectivity index (χ4n) is 5.54. The van der Waals surface area contributed by atoms with E-state index in [1.807, 2.05) is 22.6 Å². The number of H-pyrrole nitrogens is 1. The first-order valence-corrected chi connectivity index (χ1v) is 15.9. The van der Waals surface area contributed by atoms with Gasteiger partial charge in [0.1, 0.15) is 35.0 Å². The van der Waals surface area contributed by atoms with E-state index in [2.05, 4.69) is 25.9 Å². The van der Waals surface area contributed by atoms with Crippen molar-refractivity contribution in [2.24, 2.45) is 0 Å². The van der Waals surface area contributed by atoms with Gasteiger partial charge in [-0.2, -0.15) is 0 Å². The van der Waals surface area contributed by atoms with E-state index in [1.54, 1.807) is 48.7 Å². The highest BCUT2D eigenvalue weighted by Crippen LogP contribution is 2.34. The molecule has 0 radical (unpaired) electrons. The van der Waals surface area contributed by atoms with Gasteiger partial charge in [0, 0.05) is 26.4 Å². The third kappa shape index (κ3) is 5.87. The number of aromatic hydroxyl groups is 1. The van der Waals surface area contributed by atoms with Crippen molar-refractivity contribution in [1.82, 2.24) is 29.1 Å². The Bertz CT molecular complexity index is 2450. The molecule has 1 aliphatic carbocycles. The summed E-state index contributed by atoms with van der Waals surface area (Å²) in [5, 5.41) is 23.5. The summed E-state index contributed by atoms with van der Waals surface area (Å²) in [6.07, 6.45) is 2.83. The van der Waals surface area contributed by atoms with Crippen LogP contribution in [0.4, 0.5) is 21.6 Å². The molecule has 1 fully saturated rings. The van der Waals surface area contributed by atoms with Gasteiger partial charge in [-0.05, 0) is 90.9 Å². The Balaban J connectivity index is 1.28. The SMILES string of the molecule is Cc1c(=O)[nH]c(Nc2ccc(I)cc2F)c2c(=O)n(C3CC3)c(=O)n(-c3cccc(NC(=O)Cn4cc(-c5cccc(O)c5)nn4)c3)c12. The first kappa shape index (κ1) is 31.0. The molecule has 3 heterocycles. The first-order valence-electron chi connectivity index (χ1n) is 14.8. The van der Waals surface area contributed by atoms with Crippen LogP contribution < -0.4 is 27.4 Å². The maximum atomic E-state index is 14.9. The van der Waals surface area contributed by atoms with Crippen molar-refractivity contribution >= 4 is 56.6 Å². The fourth-order valence-corrected chi connectivity index (χ4v) is 5.99. The summed E-state index contributed by atoms with van der Waals surface area (Å²) in [4.78, 5) is 56.9. The molecule has 1 aliphatic rings. The molecule has 1 saturated carbocycles. The molecule has 3 aromatic carbocycles. The van der Waals surface area contributed by atoms with Crippen molar-refractivity contribution in [2.75, 3.05) is 10.6 Å². The first-order chi connectivity index (χ1) is 23.1. The number of amides is 1. The minimum Gasteiger partial charge on any atom is -0.508 e. The summed E-state index contributed by atoms with van der Waals surface area (Å²) in [6, 6.07) is 17.1. The number of anilines is 3. The molecule has 0 bridgehead atoms. The van der Waals surface area contributed by atoms with E-state index in [1.165, 1.54) is 40.4 Å². The van der Waals surface area contributed by atoms with E-state index in [0.717, 1.165) is 4.57 Å². The number of aryl methyl sites for hydroxylation is 1. The molecule has 6 aromatic rings. The molecule has 0 saturated heterocycles. The van der Waals surface area contributed by atoms with Gasteiger partial charge in [0.15, 0.2) is 0 Å². The van der Waals surface area contributed by atoms with Gasteiger partial charge in [0.2, 0.25) is 5.91 Å². The minimum absolute atomic E-state index is 0.0136. The third-order valence-corrected chi connectivity index (χ3v) is 8.62. The van der Waals surface area contributed by atoms with Crippen LogP contribution in [0.5, 0.6) is 5.75 Å². The second kappa shape index (κ2) is 12.2. The minimum atomic E-state index is -0.638. The Kier molecular flexibility index (Phi) is 7.90. The summed E-state index contributed by atoms with van der Waals surface area (Å²) < 4.78 is 19.3. The summed E-state index contributed by atoms with van der Waals surface area (Å²) in [5.74, 6) is -0.988. The summed E-state index contributed by atoms with van der Waals surface area (Å²) in [7, 11) is 0. The van der Waals surface area contributed by atoms with Crippen molar-refractivity contribution in [3.8, 4) is 22.7 Å². The number of hydrogen-bond donors (Lipinski definition) is 4. The largest absolute Gasteiger partial charge is 0.508 e. The zero-order valence-electron chi connectivity index (χ0n) is 25.2. The standard InChI is InChI=1S/C33H26FIN8O5/c1-17-29-28(30(38-31(17)46)37-25-11-8-19(35)13-24(25)34)32(47)43(21-9-10-21)33(48)42(29)22-6-3-5-20(14-22)36-27(45)16-41-15-26(39-40-41)18-4-2-7-23(44)12-18/h2-8,11-15,21,44H,9-10,16H2,1H3,(H,36,45)(H2,37,38,46). The van der Waals surface area contributed by atoms with Crippen LogP contribution in [0.15, 0.2) is 87.3 Å². The van der Waals surface area contributed by atoms with Gasteiger partial charge in [0.25, 0.3) is 11.1 Å². The van der Waals surface area contributed by atoms with E-state index in [4.69, 9.17) is 0 Å². The number of nitrogens with zero attached hydrogens (tertiary/aromatic N) is 5. The number of hydrogen-bond acceptors (Lipinski definition) is 8. The number of nitrogens with one attached hydrogen (secondary N) is 3. The predicted octanol–water partition coefficient (Wildman–Crippen LogP) is 4.57. The van der Waals surface area contributed by atoms with Gasteiger partial charge in [-0.15, -0.1) is 5.10 Å². The Morgan fingerprint density at radius 3 is 2.62 bits per heavy atom. The Labute approximate surface area is 283 Å². The van der Waals surface area contributed by atoms with E-state index in [-0.39, 0.29) is 46.3 Å². The van der Waals surface area contributed by atoms with E-state index < -0.39 is 28.5 Å². The maximum absolute atomic E-state index is 14.9. The number of benzene rings is 3. The number of aromatic amines is 1. The van der Waals surface area contributed by atoms with E-state index >= 15 is 0 Å². The van der Waals surface area contributed by atoms with Crippen molar-refractivity contribution in [1.29, 1.82) is 0 Å². The van der Waals surface area contributed by atoms with Crippen molar-refractivity contribution in [3.05, 3.63) is 119 Å². The molecule has 242 valence electrons. The van der Waals surface area contributed by atoms with Gasteiger partial charge in [-0.25, -0.2) is 13.9 Å². The maximum Gasteiger partial charge on any atom is 0.336 e. The van der Waals surface area contributed by atoms with Crippen LogP contribution in [-0.2, 0) is 11.3 Å². The molecule has 0 aliphatic heterocycles. The van der Waals surface area contributed by atoms with Crippen LogP contribution in [0.2, 0.25) is 0 Å². The molecule has 4 N–H and O–H groups in total. The van der Waals surface area contributed by atoms with Crippen LogP contribution in [0.3, 0.4) is 0 Å². The number of pyridine rings is 1. The van der Waals surface area contributed by atoms with Crippen LogP contribution in [0.1, 0.15) is 24.4 Å². The highest BCUT2D eigenvalue weighted by atomic mass is 127. The van der Waals surface area contributed by atoms with Gasteiger partial charge < -0.3 is 20.7 Å². The van der Waals surface area contributed by atoms with Crippen molar-refractivity contribution in [2.45, 2.75) is 32.4 Å². The van der Waals surface area contributed by atoms with Crippen LogP contribution in [0.25, 0.3) is 27.8 Å². The lowest BCUT2D eigenvalue weighted by atomic mass is 10.1. The van der Waals surface area contributed by atoms with Gasteiger partial charge >= 0.3 is 5.69 Å². The van der Waals surface area contributed by atoms with E-state index in [0.29, 0.717) is 39.0 Å². The lowest BCUT2D eigenvalue weighted by Crippen LogP contribution is -2.40. The summed E-state index contributed by atoms with van der Waals surface area (Å²) in [5.41, 5.74) is 0.138. The molecule has 1 amide bonds.